The average Bonchev–Trinajstić information content (AvgIpc) is 0.809. The number of pyridine rings is 1. The van der Waals surface area contributed by atoms with Crippen LogP contribution in [0.15, 0.2) is 164 Å². The molecule has 0 amide bonds. The van der Waals surface area contributed by atoms with Gasteiger partial charge in [0.15, 0.2) is 0 Å². The SMILES string of the molecule is [2H]C(C)(C)c1ccc(-c2ccnc(-c3[c-]c(-c4cccc5c4nc(-c4cc(C(C([2H])([2H])[2H])(C([2H])([2H])[2H])C([2H])([2H])[2H])cc(C(C([2H])([2H])[2H])(C([2H])([2H])[2H])C([2H])([2H])[2H])c4O)n5-c4ccc(C(C([2H])([2H])[2H])(C([2H])([2H])[2H])C([2H])([2H])[2H])cc4-c4ccccc4)cc(-c4ccccc4)c3)c2)cc1.[Pt]. The second kappa shape index (κ2) is 18.6. The number of phenolic OH excluding ortho intramolecular Hbond substituents is 1. The number of rotatable bonds is 8. The summed E-state index contributed by atoms with van der Waals surface area (Å²) in [6, 6.07) is 42.7. The summed E-state index contributed by atoms with van der Waals surface area (Å²) in [5.74, 6) is -3.26. The molecule has 0 saturated carbocycles. The second-order valence-electron chi connectivity index (χ2n) is 16.8. The van der Waals surface area contributed by atoms with Gasteiger partial charge in [0.05, 0.1) is 22.3 Å². The third-order valence-corrected chi connectivity index (χ3v) is 11.7. The summed E-state index contributed by atoms with van der Waals surface area (Å²) in [6.45, 7) is -33.5. The fourth-order valence-electron chi connectivity index (χ4n) is 8.27. The third-order valence-electron chi connectivity index (χ3n) is 11.7. The first-order chi connectivity index (χ1) is 43.4. The Bertz CT molecular complexity index is 4230. The summed E-state index contributed by atoms with van der Waals surface area (Å²) < 4.78 is 247. The van der Waals surface area contributed by atoms with Gasteiger partial charge in [0.25, 0.3) is 0 Å². The topological polar surface area (TPSA) is 50.9 Å². The van der Waals surface area contributed by atoms with Crippen LogP contribution in [-0.2, 0) is 37.3 Å². The Morgan fingerprint density at radius 2 is 1.19 bits per heavy atom. The van der Waals surface area contributed by atoms with Crippen LogP contribution in [0.2, 0.25) is 0 Å². The smallest absolute Gasteiger partial charge is 0.148 e. The number of hydrogen-bond acceptors (Lipinski definition) is 3. The van der Waals surface area contributed by atoms with E-state index in [0.717, 1.165) is 39.5 Å². The zero-order valence-electron chi connectivity index (χ0n) is 64.7. The van der Waals surface area contributed by atoms with Gasteiger partial charge in [0.1, 0.15) is 11.6 Å². The summed E-state index contributed by atoms with van der Waals surface area (Å²) in [4.78, 5) is 9.81. The van der Waals surface area contributed by atoms with E-state index in [1.165, 1.54) is 36.4 Å². The van der Waals surface area contributed by atoms with Gasteiger partial charge >= 0.3 is 0 Å². The van der Waals surface area contributed by atoms with Gasteiger partial charge in [-0.3, -0.25) is 9.55 Å². The van der Waals surface area contributed by atoms with Crippen LogP contribution in [0, 0.1) is 6.07 Å². The van der Waals surface area contributed by atoms with Crippen LogP contribution < -0.4 is 0 Å². The minimum absolute atomic E-state index is 0. The normalized spacial score (nSPS) is 20.0. The molecule has 2 heterocycles. The molecule has 7 aromatic carbocycles. The quantitative estimate of drug-likeness (QED) is 0.154. The van der Waals surface area contributed by atoms with Crippen molar-refractivity contribution in [2.45, 2.75) is 97.7 Å². The van der Waals surface area contributed by atoms with E-state index in [1.807, 2.05) is 48.5 Å². The predicted octanol–water partition coefficient (Wildman–Crippen LogP) is 16.9. The number of aromatic hydroxyl groups is 1. The number of fused-ring (bicyclic) bond motifs is 1. The maximum atomic E-state index is 13.2. The van der Waals surface area contributed by atoms with Crippen molar-refractivity contribution in [3.8, 4) is 78.6 Å². The first-order valence-corrected chi connectivity index (χ1v) is 21.2. The number of aromatic nitrogens is 3. The number of imidazole rings is 1. The van der Waals surface area contributed by atoms with Crippen LogP contribution in [0.1, 0.15) is 142 Å². The first-order valence-electron chi connectivity index (χ1n) is 35.2. The van der Waals surface area contributed by atoms with E-state index in [1.54, 1.807) is 62.5 Å². The van der Waals surface area contributed by atoms with Gasteiger partial charge in [-0.15, -0.1) is 23.8 Å². The molecule has 0 bridgehead atoms. The molecule has 5 heteroatoms. The van der Waals surface area contributed by atoms with Crippen LogP contribution in [0.5, 0.6) is 5.75 Å². The summed E-state index contributed by atoms with van der Waals surface area (Å²) in [5, 5.41) is 13.2. The molecule has 0 aliphatic heterocycles. The van der Waals surface area contributed by atoms with Gasteiger partial charge in [0.2, 0.25) is 0 Å². The number of benzene rings is 7. The molecule has 0 aliphatic carbocycles. The van der Waals surface area contributed by atoms with Crippen molar-refractivity contribution in [3.05, 3.63) is 192 Å². The molecule has 1 N–H and O–H groups in total. The number of para-hydroxylation sites is 1. The molecular weight excluding hydrogens is 1010 g/mol. The van der Waals surface area contributed by atoms with Crippen LogP contribution in [0.3, 0.4) is 0 Å². The van der Waals surface area contributed by atoms with Gasteiger partial charge in [-0.1, -0.05) is 207 Å². The summed E-state index contributed by atoms with van der Waals surface area (Å²) in [5.41, 5.74) is -13.0. The Kier molecular flexibility index (Phi) is 6.65. The van der Waals surface area contributed by atoms with Crippen molar-refractivity contribution in [1.29, 1.82) is 0 Å². The molecule has 2 aromatic heterocycles. The molecule has 9 rings (SSSR count). The van der Waals surface area contributed by atoms with E-state index in [-0.39, 0.29) is 66.1 Å². The number of nitrogens with zero attached hydrogens (tertiary/aromatic N) is 3. The Morgan fingerprint density at radius 3 is 1.87 bits per heavy atom. The minimum atomic E-state index is -4.34. The van der Waals surface area contributed by atoms with Crippen molar-refractivity contribution in [2.24, 2.45) is 0 Å². The standard InChI is InChI=1S/C63H62N3O.Pt/c1-40(2)41-25-27-43(28-26-41)45-31-32-64-55(36-45)48-34-46(42-19-14-12-15-20-42)33-47(35-48)51-23-18-24-57-58(51)65-60(53-38-50(62(6,7)8)39-54(59(53)67)63(9,10)11)66(57)56-30-29-49(61(3,4)5)37-52(56)44-21-16-13-17-22-44;/h12-34,36-40,67H,1-11H3;/q-1;/i3D3,4D3,5D3,6D3,7D3,8D3,9D3,10D3,11D3,40D;. The van der Waals surface area contributed by atoms with Gasteiger partial charge in [-0.05, 0) is 91.4 Å². The van der Waals surface area contributed by atoms with Crippen molar-refractivity contribution in [3.63, 3.8) is 0 Å². The Morgan fingerprint density at radius 1 is 0.559 bits per heavy atom. The summed E-state index contributed by atoms with van der Waals surface area (Å²) in [7, 11) is 0. The maximum absolute atomic E-state index is 13.2. The Balaban J connectivity index is 0.0000118. The van der Waals surface area contributed by atoms with Crippen LogP contribution >= 0.6 is 0 Å². The molecule has 0 radical (unpaired) electrons. The van der Waals surface area contributed by atoms with Crippen LogP contribution in [0.25, 0.3) is 83.9 Å². The van der Waals surface area contributed by atoms with E-state index < -0.39 is 118 Å². The molecule has 9 aromatic rings. The molecule has 0 saturated heterocycles. The first kappa shape index (κ1) is 24.3. The number of hydrogen-bond donors (Lipinski definition) is 1. The van der Waals surface area contributed by atoms with Gasteiger partial charge < -0.3 is 5.11 Å². The second-order valence-corrected chi connectivity index (χ2v) is 16.8. The van der Waals surface area contributed by atoms with Gasteiger partial charge in [-0.2, -0.15) is 0 Å². The van der Waals surface area contributed by atoms with Crippen molar-refractivity contribution in [1.82, 2.24) is 14.5 Å². The molecule has 0 unspecified atom stereocenters. The summed E-state index contributed by atoms with van der Waals surface area (Å²) >= 11 is 0. The Labute approximate surface area is 457 Å². The van der Waals surface area contributed by atoms with Gasteiger partial charge in [-0.25, -0.2) is 4.98 Å². The van der Waals surface area contributed by atoms with Crippen molar-refractivity contribution < 1.29 is 64.6 Å². The van der Waals surface area contributed by atoms with Crippen molar-refractivity contribution >= 4 is 11.0 Å². The monoisotopic (exact) mass is 1100 g/mol. The molecule has 0 spiro atoms. The zero-order valence-corrected chi connectivity index (χ0v) is 39.0. The Hall–Kier alpha value is -6.35. The molecule has 0 atom stereocenters. The molecule has 346 valence electrons. The van der Waals surface area contributed by atoms with Crippen molar-refractivity contribution in [2.75, 3.05) is 0 Å². The van der Waals surface area contributed by atoms with E-state index in [0.29, 0.717) is 28.5 Å². The largest absolute Gasteiger partial charge is 0.507 e. The fourth-order valence-corrected chi connectivity index (χ4v) is 8.27. The summed E-state index contributed by atoms with van der Waals surface area (Å²) in [6.07, 6.45) is 1.59. The third kappa shape index (κ3) is 9.54. The molecule has 4 nitrogen and oxygen atoms in total. The fraction of sp³-hybridized carbons (Fsp3) is 0.238. The number of phenols is 1. The van der Waals surface area contributed by atoms with Crippen LogP contribution in [0.4, 0.5) is 0 Å². The molecule has 0 aliphatic rings. The molecule has 0 fully saturated rings. The minimum Gasteiger partial charge on any atom is -0.507 e. The van der Waals surface area contributed by atoms with E-state index in [9.17, 15) is 5.11 Å². The van der Waals surface area contributed by atoms with E-state index >= 15 is 0 Å². The van der Waals surface area contributed by atoms with E-state index in [2.05, 4.69) is 6.07 Å². The zero-order chi connectivity index (χ0) is 70.8. The predicted molar refractivity (Wildman–Crippen MR) is 282 cm³/mol. The van der Waals surface area contributed by atoms with E-state index in [4.69, 9.17) is 48.3 Å². The molecular formula is C63H62N3OPt-. The van der Waals surface area contributed by atoms with Gasteiger partial charge in [0, 0.05) is 82.5 Å². The average molecular weight is 1100 g/mol. The molecule has 68 heavy (non-hydrogen) atoms. The van der Waals surface area contributed by atoms with Crippen LogP contribution in [-0.4, -0.2) is 19.6 Å². The maximum Gasteiger partial charge on any atom is 0.148 e.